The second-order valence-corrected chi connectivity index (χ2v) is 5.97. The first-order valence-corrected chi connectivity index (χ1v) is 7.48. The molecule has 96 valence electrons. The molecule has 0 unspecified atom stereocenters. The summed E-state index contributed by atoms with van der Waals surface area (Å²) in [5, 5.41) is 0. The summed E-state index contributed by atoms with van der Waals surface area (Å²) >= 11 is 3.54. The van der Waals surface area contributed by atoms with Crippen LogP contribution in [-0.2, 0) is 0 Å². The Morgan fingerprint density at radius 1 is 1.22 bits per heavy atom. The Kier molecular flexibility index (Phi) is 3.29. The van der Waals surface area contributed by atoms with Crippen LogP contribution in [0.4, 0.5) is 5.82 Å². The lowest BCUT2D eigenvalue weighted by molar-refractivity contribution is 0.582. The van der Waals surface area contributed by atoms with Gasteiger partial charge in [-0.05, 0) is 40.9 Å². The van der Waals surface area contributed by atoms with Gasteiger partial charge in [0.2, 0.25) is 0 Å². The molecule has 0 atom stereocenters. The van der Waals surface area contributed by atoms with Gasteiger partial charge >= 0.3 is 0 Å². The zero-order chi connectivity index (χ0) is 12.5. The number of nitrogens with two attached hydrogens (primary N) is 1. The van der Waals surface area contributed by atoms with E-state index < -0.39 is 0 Å². The lowest BCUT2D eigenvalue weighted by Gasteiger charge is -2.11. The summed E-state index contributed by atoms with van der Waals surface area (Å²) in [7, 11) is 0. The van der Waals surface area contributed by atoms with Crippen molar-refractivity contribution in [3.63, 3.8) is 0 Å². The summed E-state index contributed by atoms with van der Waals surface area (Å²) in [5.74, 6) is 1.36. The standard InChI is InChI=1S/C14H18BrN3/c15-11-8-5-9-18-13(16)12(17-14(11)18)10-6-3-1-2-4-7-10/h5,8-10H,1-4,6-7,16H2. The van der Waals surface area contributed by atoms with E-state index in [9.17, 15) is 0 Å². The van der Waals surface area contributed by atoms with Crippen LogP contribution in [0.5, 0.6) is 0 Å². The third kappa shape index (κ3) is 2.03. The third-order valence-electron chi connectivity index (χ3n) is 3.91. The fourth-order valence-electron chi connectivity index (χ4n) is 2.92. The molecule has 1 fully saturated rings. The maximum Gasteiger partial charge on any atom is 0.153 e. The number of rotatable bonds is 1. The van der Waals surface area contributed by atoms with Gasteiger partial charge in [0.05, 0.1) is 10.2 Å². The highest BCUT2D eigenvalue weighted by molar-refractivity contribution is 9.10. The summed E-state index contributed by atoms with van der Waals surface area (Å²) in [6.07, 6.45) is 9.76. The van der Waals surface area contributed by atoms with Crippen molar-refractivity contribution in [2.45, 2.75) is 44.4 Å². The van der Waals surface area contributed by atoms with Gasteiger partial charge in [-0.25, -0.2) is 4.98 Å². The first-order chi connectivity index (χ1) is 8.77. The maximum absolute atomic E-state index is 6.27. The van der Waals surface area contributed by atoms with Crippen molar-refractivity contribution in [1.82, 2.24) is 9.38 Å². The highest BCUT2D eigenvalue weighted by Gasteiger charge is 2.21. The average molecular weight is 308 g/mol. The minimum Gasteiger partial charge on any atom is -0.383 e. The Bertz CT molecular complexity index is 553. The molecule has 2 heterocycles. The molecule has 2 aromatic heterocycles. The molecule has 0 saturated heterocycles. The second-order valence-electron chi connectivity index (χ2n) is 5.12. The van der Waals surface area contributed by atoms with E-state index >= 15 is 0 Å². The van der Waals surface area contributed by atoms with E-state index in [0.717, 1.165) is 21.6 Å². The Hall–Kier alpha value is -1.03. The van der Waals surface area contributed by atoms with Crippen LogP contribution < -0.4 is 5.73 Å². The number of imidazole rings is 1. The largest absolute Gasteiger partial charge is 0.383 e. The van der Waals surface area contributed by atoms with E-state index in [-0.39, 0.29) is 0 Å². The van der Waals surface area contributed by atoms with E-state index in [4.69, 9.17) is 10.7 Å². The zero-order valence-electron chi connectivity index (χ0n) is 10.4. The number of fused-ring (bicyclic) bond motifs is 1. The molecule has 3 rings (SSSR count). The molecule has 1 aliphatic carbocycles. The maximum atomic E-state index is 6.27. The molecule has 0 amide bonds. The zero-order valence-corrected chi connectivity index (χ0v) is 12.0. The molecular weight excluding hydrogens is 290 g/mol. The van der Waals surface area contributed by atoms with Crippen molar-refractivity contribution in [3.8, 4) is 0 Å². The number of aromatic nitrogens is 2. The van der Waals surface area contributed by atoms with Crippen LogP contribution in [0.1, 0.15) is 50.1 Å². The molecule has 0 bridgehead atoms. The number of halogens is 1. The predicted molar refractivity (Wildman–Crippen MR) is 77.7 cm³/mol. The van der Waals surface area contributed by atoms with Gasteiger partial charge in [0.25, 0.3) is 0 Å². The van der Waals surface area contributed by atoms with E-state index in [1.807, 2.05) is 22.7 Å². The average Bonchev–Trinajstić information content (AvgIpc) is 2.57. The van der Waals surface area contributed by atoms with Crippen LogP contribution in [-0.4, -0.2) is 9.38 Å². The van der Waals surface area contributed by atoms with Crippen molar-refractivity contribution < 1.29 is 0 Å². The van der Waals surface area contributed by atoms with Gasteiger partial charge in [-0.1, -0.05) is 25.7 Å². The Balaban J connectivity index is 2.06. The quantitative estimate of drug-likeness (QED) is 0.805. The number of nitrogen functional groups attached to an aromatic ring is 1. The molecule has 2 aromatic rings. The minimum absolute atomic E-state index is 0.541. The van der Waals surface area contributed by atoms with Crippen molar-refractivity contribution in [2.75, 3.05) is 5.73 Å². The van der Waals surface area contributed by atoms with Gasteiger partial charge in [-0.2, -0.15) is 0 Å². The number of nitrogens with zero attached hydrogens (tertiary/aromatic N) is 2. The topological polar surface area (TPSA) is 43.3 Å². The Morgan fingerprint density at radius 2 is 1.94 bits per heavy atom. The van der Waals surface area contributed by atoms with Gasteiger partial charge in [0.1, 0.15) is 5.82 Å². The van der Waals surface area contributed by atoms with Crippen LogP contribution in [0.2, 0.25) is 0 Å². The second kappa shape index (κ2) is 4.92. The highest BCUT2D eigenvalue weighted by Crippen LogP contribution is 2.35. The number of hydrogen-bond acceptors (Lipinski definition) is 2. The monoisotopic (exact) mass is 307 g/mol. The van der Waals surface area contributed by atoms with Crippen LogP contribution >= 0.6 is 15.9 Å². The summed E-state index contributed by atoms with van der Waals surface area (Å²) in [4.78, 5) is 4.77. The molecule has 1 saturated carbocycles. The predicted octanol–water partition coefficient (Wildman–Crippen LogP) is 4.12. The van der Waals surface area contributed by atoms with Crippen LogP contribution in [0.3, 0.4) is 0 Å². The molecule has 4 heteroatoms. The fourth-order valence-corrected chi connectivity index (χ4v) is 3.36. The first kappa shape index (κ1) is 12.0. The number of pyridine rings is 1. The third-order valence-corrected chi connectivity index (χ3v) is 4.53. The summed E-state index contributed by atoms with van der Waals surface area (Å²) in [6, 6.07) is 4.00. The molecule has 18 heavy (non-hydrogen) atoms. The minimum atomic E-state index is 0.541. The number of anilines is 1. The molecule has 0 radical (unpaired) electrons. The lowest BCUT2D eigenvalue weighted by atomic mass is 9.97. The SMILES string of the molecule is Nc1c(C2CCCCCC2)nc2c(Br)cccn12. The van der Waals surface area contributed by atoms with Gasteiger partial charge in [0.15, 0.2) is 5.65 Å². The molecule has 3 nitrogen and oxygen atoms in total. The molecule has 0 aliphatic heterocycles. The molecule has 1 aliphatic rings. The van der Waals surface area contributed by atoms with Crippen molar-refractivity contribution in [2.24, 2.45) is 0 Å². The van der Waals surface area contributed by atoms with Crippen molar-refractivity contribution >= 4 is 27.4 Å². The normalized spacial score (nSPS) is 18.1. The van der Waals surface area contributed by atoms with E-state index in [0.29, 0.717) is 5.92 Å². The number of hydrogen-bond donors (Lipinski definition) is 1. The van der Waals surface area contributed by atoms with Gasteiger partial charge in [-0.3, -0.25) is 4.40 Å². The van der Waals surface area contributed by atoms with Crippen LogP contribution in [0.15, 0.2) is 22.8 Å². The van der Waals surface area contributed by atoms with Crippen LogP contribution in [0, 0.1) is 0 Å². The highest BCUT2D eigenvalue weighted by atomic mass is 79.9. The fraction of sp³-hybridized carbons (Fsp3) is 0.500. The van der Waals surface area contributed by atoms with E-state index in [1.165, 1.54) is 38.5 Å². The molecule has 0 aromatic carbocycles. The Labute approximate surface area is 116 Å². The van der Waals surface area contributed by atoms with Crippen molar-refractivity contribution in [3.05, 3.63) is 28.5 Å². The molecule has 0 spiro atoms. The molecular formula is C14H18BrN3. The smallest absolute Gasteiger partial charge is 0.153 e. The van der Waals surface area contributed by atoms with E-state index in [1.54, 1.807) is 0 Å². The summed E-state index contributed by atoms with van der Waals surface area (Å²) in [6.45, 7) is 0. The summed E-state index contributed by atoms with van der Waals surface area (Å²) in [5.41, 5.74) is 8.31. The van der Waals surface area contributed by atoms with Crippen molar-refractivity contribution in [1.29, 1.82) is 0 Å². The Morgan fingerprint density at radius 3 is 2.61 bits per heavy atom. The van der Waals surface area contributed by atoms with Gasteiger partial charge in [-0.15, -0.1) is 0 Å². The first-order valence-electron chi connectivity index (χ1n) is 6.69. The molecule has 2 N–H and O–H groups in total. The van der Waals surface area contributed by atoms with E-state index in [2.05, 4.69) is 15.9 Å². The lowest BCUT2D eigenvalue weighted by Crippen LogP contribution is -2.02. The van der Waals surface area contributed by atoms with Gasteiger partial charge < -0.3 is 5.73 Å². The van der Waals surface area contributed by atoms with Crippen LogP contribution in [0.25, 0.3) is 5.65 Å². The van der Waals surface area contributed by atoms with Gasteiger partial charge in [0, 0.05) is 12.1 Å². The summed E-state index contributed by atoms with van der Waals surface area (Å²) < 4.78 is 3.00.